The third-order valence-electron chi connectivity index (χ3n) is 0.500. The van der Waals surface area contributed by atoms with Crippen molar-refractivity contribution in [2.45, 2.75) is 20.5 Å². The Morgan fingerprint density at radius 2 is 1.57 bits per heavy atom. The van der Waals surface area contributed by atoms with Crippen molar-refractivity contribution in [1.82, 2.24) is 0 Å². The first-order valence-electron chi connectivity index (χ1n) is 1.84. The zero-order chi connectivity index (χ0) is 5.21. The zero-order valence-corrected chi connectivity index (χ0v) is 5.36. The van der Waals surface area contributed by atoms with Crippen LogP contribution in [0.25, 0.3) is 0 Å². The molecule has 0 unspecified atom stereocenters. The highest BCUT2D eigenvalue weighted by molar-refractivity contribution is 6.63. The molecule has 0 aromatic heterocycles. The van der Waals surface area contributed by atoms with Crippen LogP contribution in [0, 0.1) is 0 Å². The first kappa shape index (κ1) is 10.2. The molecule has 0 heterocycles. The molecular formula is C4H14O2Si. The fourth-order valence-corrected chi connectivity index (χ4v) is 0. The van der Waals surface area contributed by atoms with Gasteiger partial charge in [-0.2, -0.15) is 0 Å². The van der Waals surface area contributed by atoms with Gasteiger partial charge in [-0.3, -0.25) is 0 Å². The van der Waals surface area contributed by atoms with Gasteiger partial charge in [-0.15, -0.1) is 0 Å². The number of rotatable bonds is 1. The molecule has 0 bridgehead atoms. The predicted octanol–water partition coefficient (Wildman–Crippen LogP) is 0.963. The molecule has 0 radical (unpaired) electrons. The van der Waals surface area contributed by atoms with Crippen molar-refractivity contribution in [2.75, 3.05) is 7.11 Å². The minimum atomic E-state index is -2.13. The highest BCUT2D eigenvalue weighted by Gasteiger charge is 2.14. The SMILES string of the molecule is C.CO[Si](C)(C)O. The molecule has 46 valence electrons. The van der Waals surface area contributed by atoms with Crippen molar-refractivity contribution in [2.24, 2.45) is 0 Å². The molecule has 3 heteroatoms. The highest BCUT2D eigenvalue weighted by atomic mass is 28.4. The molecule has 0 saturated carbocycles. The molecule has 0 rings (SSSR count). The van der Waals surface area contributed by atoms with E-state index in [0.717, 1.165) is 0 Å². The summed E-state index contributed by atoms with van der Waals surface area (Å²) in [6.07, 6.45) is 0. The summed E-state index contributed by atoms with van der Waals surface area (Å²) < 4.78 is 4.63. The second kappa shape index (κ2) is 3.18. The third-order valence-corrected chi connectivity index (χ3v) is 1.50. The van der Waals surface area contributed by atoms with Gasteiger partial charge in [0.15, 0.2) is 0 Å². The van der Waals surface area contributed by atoms with Gasteiger partial charge in [-0.05, 0) is 13.1 Å². The summed E-state index contributed by atoms with van der Waals surface area (Å²) in [5.74, 6) is 0. The maximum absolute atomic E-state index is 8.74. The van der Waals surface area contributed by atoms with E-state index < -0.39 is 8.56 Å². The van der Waals surface area contributed by atoms with Gasteiger partial charge >= 0.3 is 8.56 Å². The van der Waals surface area contributed by atoms with Crippen LogP contribution in [0.3, 0.4) is 0 Å². The van der Waals surface area contributed by atoms with E-state index in [1.807, 2.05) is 0 Å². The molecule has 0 aliphatic carbocycles. The molecule has 1 N–H and O–H groups in total. The minimum absolute atomic E-state index is 0. The third kappa shape index (κ3) is 10.7. The molecule has 0 saturated heterocycles. The van der Waals surface area contributed by atoms with E-state index in [0.29, 0.717) is 0 Å². The Bertz CT molecular complexity index is 39.4. The van der Waals surface area contributed by atoms with Gasteiger partial charge in [0, 0.05) is 7.11 Å². The Morgan fingerprint density at radius 3 is 1.57 bits per heavy atom. The summed E-state index contributed by atoms with van der Waals surface area (Å²) in [6, 6.07) is 0. The van der Waals surface area contributed by atoms with Crippen molar-refractivity contribution in [1.29, 1.82) is 0 Å². The van der Waals surface area contributed by atoms with E-state index in [4.69, 9.17) is 4.80 Å². The van der Waals surface area contributed by atoms with Crippen LogP contribution in [0.5, 0.6) is 0 Å². The molecule has 0 fully saturated rings. The molecule has 0 amide bonds. The monoisotopic (exact) mass is 122 g/mol. The largest absolute Gasteiger partial charge is 0.411 e. The molecule has 0 aliphatic rings. The summed E-state index contributed by atoms with van der Waals surface area (Å²) in [6.45, 7) is 3.43. The van der Waals surface area contributed by atoms with Crippen LogP contribution in [0.15, 0.2) is 0 Å². The Labute approximate surface area is 46.4 Å². The van der Waals surface area contributed by atoms with Crippen molar-refractivity contribution < 1.29 is 9.22 Å². The first-order chi connectivity index (χ1) is 2.56. The summed E-state index contributed by atoms with van der Waals surface area (Å²) in [5.41, 5.74) is 0. The maximum Gasteiger partial charge on any atom is 0.328 e. The fourth-order valence-electron chi connectivity index (χ4n) is 0. The van der Waals surface area contributed by atoms with Gasteiger partial charge < -0.3 is 9.22 Å². The van der Waals surface area contributed by atoms with Gasteiger partial charge in [-0.1, -0.05) is 7.43 Å². The minimum Gasteiger partial charge on any atom is -0.411 e. The van der Waals surface area contributed by atoms with Gasteiger partial charge in [0.1, 0.15) is 0 Å². The second-order valence-electron chi connectivity index (χ2n) is 1.65. The lowest BCUT2D eigenvalue weighted by Crippen LogP contribution is -2.27. The summed E-state index contributed by atoms with van der Waals surface area (Å²) in [5, 5.41) is 0. The molecule has 7 heavy (non-hydrogen) atoms. The summed E-state index contributed by atoms with van der Waals surface area (Å²) in [7, 11) is -0.611. The molecule has 0 aromatic rings. The lowest BCUT2D eigenvalue weighted by Gasteiger charge is -2.08. The second-order valence-corrected chi connectivity index (χ2v) is 4.95. The van der Waals surface area contributed by atoms with Crippen LogP contribution in [-0.2, 0) is 4.43 Å². The number of hydrogen-bond acceptors (Lipinski definition) is 2. The van der Waals surface area contributed by atoms with E-state index in [1.165, 1.54) is 7.11 Å². The van der Waals surface area contributed by atoms with Gasteiger partial charge in [0.2, 0.25) is 0 Å². The van der Waals surface area contributed by atoms with Crippen molar-refractivity contribution >= 4 is 8.56 Å². The van der Waals surface area contributed by atoms with Gasteiger partial charge in [0.05, 0.1) is 0 Å². The molecule has 0 aromatic carbocycles. The highest BCUT2D eigenvalue weighted by Crippen LogP contribution is 1.92. The van der Waals surface area contributed by atoms with Crippen LogP contribution in [0.4, 0.5) is 0 Å². The van der Waals surface area contributed by atoms with Gasteiger partial charge in [-0.25, -0.2) is 0 Å². The average Bonchev–Trinajstić information content (AvgIpc) is 1.35. The molecule has 0 spiro atoms. The van der Waals surface area contributed by atoms with Crippen LogP contribution in [0.2, 0.25) is 13.1 Å². The van der Waals surface area contributed by atoms with E-state index in [1.54, 1.807) is 13.1 Å². The topological polar surface area (TPSA) is 29.5 Å². The molecule has 2 nitrogen and oxygen atoms in total. The Kier molecular flexibility index (Phi) is 4.63. The Balaban J connectivity index is 0. The molecule has 0 atom stereocenters. The lowest BCUT2D eigenvalue weighted by atomic mass is 11.8. The van der Waals surface area contributed by atoms with Gasteiger partial charge in [0.25, 0.3) is 0 Å². The average molecular weight is 122 g/mol. The van der Waals surface area contributed by atoms with Crippen molar-refractivity contribution in [3.05, 3.63) is 0 Å². The smallest absolute Gasteiger partial charge is 0.328 e. The van der Waals surface area contributed by atoms with Crippen LogP contribution in [0.1, 0.15) is 7.43 Å². The fraction of sp³-hybridized carbons (Fsp3) is 1.00. The Morgan fingerprint density at radius 1 is 1.43 bits per heavy atom. The van der Waals surface area contributed by atoms with Crippen LogP contribution < -0.4 is 0 Å². The lowest BCUT2D eigenvalue weighted by molar-refractivity contribution is 0.305. The number of hydrogen-bond donors (Lipinski definition) is 1. The molecule has 0 aliphatic heterocycles. The Hall–Kier alpha value is 0.137. The van der Waals surface area contributed by atoms with Crippen LogP contribution in [-0.4, -0.2) is 20.5 Å². The summed E-state index contributed by atoms with van der Waals surface area (Å²) in [4.78, 5) is 8.74. The van der Waals surface area contributed by atoms with Crippen LogP contribution >= 0.6 is 0 Å². The molecular weight excluding hydrogens is 108 g/mol. The van der Waals surface area contributed by atoms with Crippen molar-refractivity contribution in [3.63, 3.8) is 0 Å². The first-order valence-corrected chi connectivity index (χ1v) is 4.69. The van der Waals surface area contributed by atoms with E-state index in [-0.39, 0.29) is 7.43 Å². The standard InChI is InChI=1S/C3H10O2Si.CH4/c1-5-6(2,3)4;/h4H,1-3H3;1H4. The quantitative estimate of drug-likeness (QED) is 0.525. The summed E-state index contributed by atoms with van der Waals surface area (Å²) >= 11 is 0. The zero-order valence-electron chi connectivity index (χ0n) is 4.36. The predicted molar refractivity (Wildman–Crippen MR) is 33.4 cm³/mol. The maximum atomic E-state index is 8.74. The van der Waals surface area contributed by atoms with E-state index in [2.05, 4.69) is 4.43 Å². The van der Waals surface area contributed by atoms with E-state index in [9.17, 15) is 0 Å². The van der Waals surface area contributed by atoms with Crippen molar-refractivity contribution in [3.8, 4) is 0 Å². The van der Waals surface area contributed by atoms with E-state index >= 15 is 0 Å². The normalized spacial score (nSPS) is 10.3.